The zero-order chi connectivity index (χ0) is 15.7. The standard InChI is InChI=1S/C16H31NO3S/c1-15(2,3)21(18,19)8-5-16(12-17-6-7-20-4)10-13-9-14(13)11-16/h13-14,17H,5-12H2,1-4H3. The fourth-order valence-electron chi connectivity index (χ4n) is 3.63. The third-order valence-electron chi connectivity index (χ3n) is 5.28. The molecule has 0 spiro atoms. The van der Waals surface area contributed by atoms with Crippen molar-refractivity contribution in [3.8, 4) is 0 Å². The van der Waals surface area contributed by atoms with Crippen LogP contribution in [-0.2, 0) is 14.6 Å². The molecule has 0 aromatic carbocycles. The van der Waals surface area contributed by atoms with E-state index in [1.165, 1.54) is 19.3 Å². The molecule has 1 N–H and O–H groups in total. The molecule has 0 aliphatic heterocycles. The lowest BCUT2D eigenvalue weighted by Gasteiger charge is -2.32. The van der Waals surface area contributed by atoms with Gasteiger partial charge in [-0.1, -0.05) is 0 Å². The second-order valence-electron chi connectivity index (χ2n) is 8.01. The maximum absolute atomic E-state index is 12.4. The molecule has 0 heterocycles. The third-order valence-corrected chi connectivity index (χ3v) is 7.88. The van der Waals surface area contributed by atoms with Gasteiger partial charge in [0.15, 0.2) is 9.84 Å². The summed E-state index contributed by atoms with van der Waals surface area (Å²) in [6.07, 6.45) is 4.58. The van der Waals surface area contributed by atoms with Crippen molar-refractivity contribution >= 4 is 9.84 Å². The molecule has 0 aromatic heterocycles. The molecule has 0 aromatic rings. The highest BCUT2D eigenvalue weighted by Gasteiger charge is 2.53. The van der Waals surface area contributed by atoms with Gasteiger partial charge in [-0.05, 0) is 63.7 Å². The Kier molecular flexibility index (Phi) is 5.06. The summed E-state index contributed by atoms with van der Waals surface area (Å²) in [5.41, 5.74) is 0.194. The van der Waals surface area contributed by atoms with Crippen molar-refractivity contribution in [1.82, 2.24) is 5.32 Å². The minimum atomic E-state index is -3.01. The van der Waals surface area contributed by atoms with Crippen molar-refractivity contribution in [1.29, 1.82) is 0 Å². The molecule has 2 rings (SSSR count). The van der Waals surface area contributed by atoms with Crippen LogP contribution in [-0.4, -0.2) is 45.7 Å². The second kappa shape index (κ2) is 6.17. The molecule has 124 valence electrons. The van der Waals surface area contributed by atoms with Crippen molar-refractivity contribution in [3.05, 3.63) is 0 Å². The summed E-state index contributed by atoms with van der Waals surface area (Å²) in [6.45, 7) is 7.90. The molecule has 4 nitrogen and oxygen atoms in total. The van der Waals surface area contributed by atoms with Crippen LogP contribution >= 0.6 is 0 Å². The molecule has 5 heteroatoms. The normalized spacial score (nSPS) is 32.2. The molecular weight excluding hydrogens is 286 g/mol. The average Bonchev–Trinajstić information content (AvgIpc) is 3.00. The third kappa shape index (κ3) is 4.20. The maximum Gasteiger partial charge on any atom is 0.155 e. The van der Waals surface area contributed by atoms with Crippen LogP contribution in [0.1, 0.15) is 46.5 Å². The Balaban J connectivity index is 1.91. The summed E-state index contributed by atoms with van der Waals surface area (Å²) >= 11 is 0. The summed E-state index contributed by atoms with van der Waals surface area (Å²) < 4.78 is 29.2. The Hall–Kier alpha value is -0.130. The molecule has 0 radical (unpaired) electrons. The minimum Gasteiger partial charge on any atom is -0.383 e. The van der Waals surface area contributed by atoms with Gasteiger partial charge in [-0.3, -0.25) is 0 Å². The number of sulfone groups is 1. The van der Waals surface area contributed by atoms with Gasteiger partial charge in [-0.25, -0.2) is 8.42 Å². The fourth-order valence-corrected chi connectivity index (χ4v) is 4.94. The van der Waals surface area contributed by atoms with Gasteiger partial charge in [0, 0.05) is 20.2 Å². The fraction of sp³-hybridized carbons (Fsp3) is 1.00. The van der Waals surface area contributed by atoms with Crippen LogP contribution in [0.25, 0.3) is 0 Å². The largest absolute Gasteiger partial charge is 0.383 e. The van der Waals surface area contributed by atoms with E-state index in [1.54, 1.807) is 27.9 Å². The molecule has 2 aliphatic carbocycles. The van der Waals surface area contributed by atoms with E-state index in [-0.39, 0.29) is 5.41 Å². The highest BCUT2D eigenvalue weighted by atomic mass is 32.2. The molecule has 21 heavy (non-hydrogen) atoms. The topological polar surface area (TPSA) is 55.4 Å². The van der Waals surface area contributed by atoms with Gasteiger partial charge in [0.05, 0.1) is 17.1 Å². The predicted molar refractivity (Wildman–Crippen MR) is 86.2 cm³/mol. The van der Waals surface area contributed by atoms with Crippen LogP contribution < -0.4 is 5.32 Å². The monoisotopic (exact) mass is 317 g/mol. The first-order chi connectivity index (χ1) is 9.69. The summed E-state index contributed by atoms with van der Waals surface area (Å²) in [5.74, 6) is 2.06. The van der Waals surface area contributed by atoms with E-state index in [1.807, 2.05) is 0 Å². The predicted octanol–water partition coefficient (Wildman–Crippen LogP) is 2.24. The molecular formula is C16H31NO3S. The quantitative estimate of drug-likeness (QED) is 0.698. The van der Waals surface area contributed by atoms with E-state index in [2.05, 4.69) is 5.32 Å². The zero-order valence-corrected chi connectivity index (χ0v) is 14.8. The molecule has 0 amide bonds. The summed E-state index contributed by atoms with van der Waals surface area (Å²) in [5, 5.41) is 3.47. The van der Waals surface area contributed by atoms with Crippen LogP contribution in [0.3, 0.4) is 0 Å². The van der Waals surface area contributed by atoms with Crippen LogP contribution in [0.15, 0.2) is 0 Å². The first kappa shape index (κ1) is 17.2. The molecule has 0 saturated heterocycles. The SMILES string of the molecule is COCCNCC1(CCS(=O)(=O)C(C)(C)C)CC2CC2C1. The smallest absolute Gasteiger partial charge is 0.155 e. The lowest BCUT2D eigenvalue weighted by molar-refractivity contribution is 0.185. The van der Waals surface area contributed by atoms with Gasteiger partial charge in [0.2, 0.25) is 0 Å². The number of nitrogens with one attached hydrogen (secondary N) is 1. The number of hydrogen-bond acceptors (Lipinski definition) is 4. The van der Waals surface area contributed by atoms with E-state index in [9.17, 15) is 8.42 Å². The Morgan fingerprint density at radius 2 is 1.86 bits per heavy atom. The lowest BCUT2D eigenvalue weighted by atomic mass is 9.80. The molecule has 2 unspecified atom stereocenters. The number of fused-ring (bicyclic) bond motifs is 1. The van der Waals surface area contributed by atoms with Crippen molar-refractivity contribution in [2.24, 2.45) is 17.3 Å². The first-order valence-corrected chi connectivity index (χ1v) is 9.76. The number of methoxy groups -OCH3 is 1. The number of hydrogen-bond donors (Lipinski definition) is 1. The second-order valence-corrected chi connectivity index (χ2v) is 10.9. The van der Waals surface area contributed by atoms with Crippen LogP contribution in [0.5, 0.6) is 0 Å². The summed E-state index contributed by atoms with van der Waals surface area (Å²) in [7, 11) is -1.31. The number of rotatable bonds is 8. The number of ether oxygens (including phenoxy) is 1. The Morgan fingerprint density at radius 1 is 1.24 bits per heavy atom. The van der Waals surface area contributed by atoms with Crippen molar-refractivity contribution < 1.29 is 13.2 Å². The van der Waals surface area contributed by atoms with E-state index in [0.29, 0.717) is 12.4 Å². The van der Waals surface area contributed by atoms with Crippen molar-refractivity contribution in [3.63, 3.8) is 0 Å². The van der Waals surface area contributed by atoms with E-state index in [0.717, 1.165) is 31.3 Å². The Bertz CT molecular complexity index is 443. The van der Waals surface area contributed by atoms with Crippen LogP contribution in [0.4, 0.5) is 0 Å². The lowest BCUT2D eigenvalue weighted by Crippen LogP contribution is -2.38. The highest BCUT2D eigenvalue weighted by Crippen LogP contribution is 2.61. The molecule has 2 aliphatic rings. The maximum atomic E-state index is 12.4. The minimum absolute atomic E-state index is 0.194. The zero-order valence-electron chi connectivity index (χ0n) is 13.9. The Labute approximate surface area is 129 Å². The van der Waals surface area contributed by atoms with E-state index in [4.69, 9.17) is 4.74 Å². The summed E-state index contributed by atoms with van der Waals surface area (Å²) in [4.78, 5) is 0. The van der Waals surface area contributed by atoms with E-state index >= 15 is 0 Å². The first-order valence-electron chi connectivity index (χ1n) is 8.11. The highest BCUT2D eigenvalue weighted by molar-refractivity contribution is 7.92. The van der Waals surface area contributed by atoms with Gasteiger partial charge in [-0.2, -0.15) is 0 Å². The summed E-state index contributed by atoms with van der Waals surface area (Å²) in [6, 6.07) is 0. The van der Waals surface area contributed by atoms with Gasteiger partial charge in [0.1, 0.15) is 0 Å². The van der Waals surface area contributed by atoms with Gasteiger partial charge >= 0.3 is 0 Å². The average molecular weight is 317 g/mol. The molecule has 0 bridgehead atoms. The van der Waals surface area contributed by atoms with Gasteiger partial charge < -0.3 is 10.1 Å². The van der Waals surface area contributed by atoms with Crippen molar-refractivity contribution in [2.45, 2.75) is 51.2 Å². The Morgan fingerprint density at radius 3 is 2.38 bits per heavy atom. The van der Waals surface area contributed by atoms with E-state index < -0.39 is 14.6 Å². The van der Waals surface area contributed by atoms with Crippen LogP contribution in [0.2, 0.25) is 0 Å². The van der Waals surface area contributed by atoms with Crippen molar-refractivity contribution in [2.75, 3.05) is 32.6 Å². The molecule has 2 atom stereocenters. The van der Waals surface area contributed by atoms with Crippen LogP contribution in [0, 0.1) is 17.3 Å². The molecule has 2 fully saturated rings. The van der Waals surface area contributed by atoms with Gasteiger partial charge in [-0.15, -0.1) is 0 Å². The molecule has 2 saturated carbocycles. The van der Waals surface area contributed by atoms with Gasteiger partial charge in [0.25, 0.3) is 0 Å².